The van der Waals surface area contributed by atoms with Crippen molar-refractivity contribution in [3.05, 3.63) is 46.6 Å². The number of hydrogen-bond acceptors (Lipinski definition) is 8. The molecule has 2 heterocycles. The summed E-state index contributed by atoms with van der Waals surface area (Å²) >= 11 is 0. The van der Waals surface area contributed by atoms with Crippen LogP contribution in [-0.2, 0) is 0 Å². The van der Waals surface area contributed by atoms with E-state index in [1.807, 2.05) is 0 Å². The van der Waals surface area contributed by atoms with Crippen LogP contribution in [-0.4, -0.2) is 30.3 Å². The Morgan fingerprint density at radius 2 is 2.05 bits per heavy atom. The number of aromatic hydroxyl groups is 2. The first kappa shape index (κ1) is 13.5. The molecular formula is C13H8N4O5. The number of pyridine rings is 1. The van der Waals surface area contributed by atoms with Crippen molar-refractivity contribution < 1.29 is 19.7 Å². The van der Waals surface area contributed by atoms with Crippen molar-refractivity contribution >= 4 is 5.69 Å². The van der Waals surface area contributed by atoms with E-state index in [0.29, 0.717) is 5.69 Å². The molecule has 0 spiro atoms. The lowest BCUT2D eigenvalue weighted by Gasteiger charge is -2.01. The Hall–Kier alpha value is -3.49. The van der Waals surface area contributed by atoms with Crippen LogP contribution in [0.3, 0.4) is 0 Å². The molecule has 0 saturated carbocycles. The summed E-state index contributed by atoms with van der Waals surface area (Å²) in [6, 6.07) is 7.27. The molecule has 2 N–H and O–H groups in total. The van der Waals surface area contributed by atoms with Gasteiger partial charge in [-0.2, -0.15) is 4.98 Å². The minimum Gasteiger partial charge on any atom is -0.504 e. The summed E-state index contributed by atoms with van der Waals surface area (Å²) in [6.07, 6.45) is 1.56. The molecule has 0 unspecified atom stereocenters. The van der Waals surface area contributed by atoms with E-state index in [-0.39, 0.29) is 17.3 Å². The van der Waals surface area contributed by atoms with Gasteiger partial charge in [-0.25, -0.2) is 0 Å². The number of aromatic nitrogens is 3. The van der Waals surface area contributed by atoms with Gasteiger partial charge in [0.05, 0.1) is 10.5 Å². The Morgan fingerprint density at radius 3 is 2.73 bits per heavy atom. The lowest BCUT2D eigenvalue weighted by atomic mass is 10.1. The summed E-state index contributed by atoms with van der Waals surface area (Å²) in [5.74, 6) is -1.31. The van der Waals surface area contributed by atoms with Gasteiger partial charge in [0, 0.05) is 12.3 Å². The standard InChI is InChI=1S/C13H8N4O5/c18-10-6-7(5-9(11(10)19)17(20)21)13-15-12(16-22-13)8-3-1-2-4-14-8/h1-6,18-19H. The van der Waals surface area contributed by atoms with Gasteiger partial charge in [0.1, 0.15) is 5.69 Å². The molecular weight excluding hydrogens is 292 g/mol. The lowest BCUT2D eigenvalue weighted by Crippen LogP contribution is -1.90. The van der Waals surface area contributed by atoms with Gasteiger partial charge in [-0.15, -0.1) is 0 Å². The van der Waals surface area contributed by atoms with E-state index < -0.39 is 22.1 Å². The van der Waals surface area contributed by atoms with Gasteiger partial charge in [0.15, 0.2) is 5.75 Å². The van der Waals surface area contributed by atoms with E-state index >= 15 is 0 Å². The van der Waals surface area contributed by atoms with E-state index in [4.69, 9.17) is 4.52 Å². The minimum absolute atomic E-state index is 0.0425. The summed E-state index contributed by atoms with van der Waals surface area (Å²) < 4.78 is 5.02. The lowest BCUT2D eigenvalue weighted by molar-refractivity contribution is -0.385. The molecule has 0 aliphatic rings. The Balaban J connectivity index is 2.06. The summed E-state index contributed by atoms with van der Waals surface area (Å²) in [5, 5.41) is 33.6. The first-order chi connectivity index (χ1) is 10.6. The largest absolute Gasteiger partial charge is 0.504 e. The van der Waals surface area contributed by atoms with Gasteiger partial charge in [0.25, 0.3) is 5.89 Å². The van der Waals surface area contributed by atoms with E-state index in [0.717, 1.165) is 12.1 Å². The number of phenolic OH excluding ortho intramolecular Hbond substituents is 2. The molecule has 0 aliphatic heterocycles. The number of nitro benzene ring substituents is 1. The van der Waals surface area contributed by atoms with Gasteiger partial charge < -0.3 is 14.7 Å². The maximum Gasteiger partial charge on any atom is 0.315 e. The summed E-state index contributed by atoms with van der Waals surface area (Å²) in [7, 11) is 0. The number of phenols is 2. The summed E-state index contributed by atoms with van der Waals surface area (Å²) in [6.45, 7) is 0. The molecule has 2 aromatic heterocycles. The third kappa shape index (κ3) is 2.30. The molecule has 1 aromatic carbocycles. The molecule has 0 aliphatic carbocycles. The van der Waals surface area contributed by atoms with Crippen LogP contribution in [0.2, 0.25) is 0 Å². The monoisotopic (exact) mass is 300 g/mol. The molecule has 3 rings (SSSR count). The van der Waals surface area contributed by atoms with Crippen LogP contribution in [0, 0.1) is 10.1 Å². The predicted octanol–water partition coefficient (Wildman–Crippen LogP) is 2.12. The SMILES string of the molecule is O=[N+]([O-])c1cc(-c2nc(-c3ccccn3)no2)cc(O)c1O. The van der Waals surface area contributed by atoms with Crippen LogP contribution in [0.15, 0.2) is 41.1 Å². The topological polar surface area (TPSA) is 135 Å². The maximum atomic E-state index is 10.8. The van der Waals surface area contributed by atoms with E-state index in [1.54, 1.807) is 24.4 Å². The fourth-order valence-corrected chi connectivity index (χ4v) is 1.81. The third-order valence-electron chi connectivity index (χ3n) is 2.83. The first-order valence-electron chi connectivity index (χ1n) is 6.02. The van der Waals surface area contributed by atoms with Crippen molar-refractivity contribution in [3.8, 4) is 34.5 Å². The van der Waals surface area contributed by atoms with Crippen LogP contribution >= 0.6 is 0 Å². The van der Waals surface area contributed by atoms with Gasteiger partial charge in [0.2, 0.25) is 11.6 Å². The van der Waals surface area contributed by atoms with E-state index in [2.05, 4.69) is 15.1 Å². The number of rotatable bonds is 3. The normalized spacial score (nSPS) is 10.5. The molecule has 3 aromatic rings. The smallest absolute Gasteiger partial charge is 0.315 e. The Bertz CT molecular complexity index is 847. The highest BCUT2D eigenvalue weighted by molar-refractivity contribution is 5.68. The predicted molar refractivity (Wildman–Crippen MR) is 72.9 cm³/mol. The minimum atomic E-state index is -0.825. The maximum absolute atomic E-state index is 10.8. The first-order valence-corrected chi connectivity index (χ1v) is 6.02. The van der Waals surface area contributed by atoms with Gasteiger partial charge in [-0.1, -0.05) is 11.2 Å². The van der Waals surface area contributed by atoms with Crippen LogP contribution in [0.5, 0.6) is 11.5 Å². The van der Waals surface area contributed by atoms with Crippen LogP contribution in [0.1, 0.15) is 0 Å². The Kier molecular flexibility index (Phi) is 3.14. The van der Waals surface area contributed by atoms with Crippen molar-refractivity contribution in [2.75, 3.05) is 0 Å². The molecule has 9 nitrogen and oxygen atoms in total. The molecule has 0 fully saturated rings. The molecule has 0 saturated heterocycles. The number of benzene rings is 1. The highest BCUT2D eigenvalue weighted by atomic mass is 16.6. The Labute approximate surface area is 122 Å². The second-order valence-corrected chi connectivity index (χ2v) is 4.26. The molecule has 22 heavy (non-hydrogen) atoms. The zero-order valence-electron chi connectivity index (χ0n) is 10.9. The van der Waals surface area contributed by atoms with Gasteiger partial charge in [-0.05, 0) is 18.2 Å². The molecule has 0 amide bonds. The second kappa shape index (κ2) is 5.13. The van der Waals surface area contributed by atoms with E-state index in [1.165, 1.54) is 0 Å². The third-order valence-corrected chi connectivity index (χ3v) is 2.83. The molecule has 0 bridgehead atoms. The fraction of sp³-hybridized carbons (Fsp3) is 0. The van der Waals surface area contributed by atoms with E-state index in [9.17, 15) is 20.3 Å². The highest BCUT2D eigenvalue weighted by Crippen LogP contribution is 2.39. The summed E-state index contributed by atoms with van der Waals surface area (Å²) in [4.78, 5) is 18.1. The molecule has 9 heteroatoms. The van der Waals surface area contributed by atoms with Crippen molar-refractivity contribution in [2.45, 2.75) is 0 Å². The van der Waals surface area contributed by atoms with Crippen LogP contribution in [0.4, 0.5) is 5.69 Å². The van der Waals surface area contributed by atoms with Crippen molar-refractivity contribution in [3.63, 3.8) is 0 Å². The average Bonchev–Trinajstić information content (AvgIpc) is 3.00. The number of hydrogen-bond donors (Lipinski definition) is 2. The fourth-order valence-electron chi connectivity index (χ4n) is 1.81. The van der Waals surface area contributed by atoms with Crippen molar-refractivity contribution in [1.82, 2.24) is 15.1 Å². The molecule has 110 valence electrons. The quantitative estimate of drug-likeness (QED) is 0.426. The highest BCUT2D eigenvalue weighted by Gasteiger charge is 2.22. The average molecular weight is 300 g/mol. The van der Waals surface area contributed by atoms with Crippen LogP contribution < -0.4 is 0 Å². The second-order valence-electron chi connectivity index (χ2n) is 4.26. The van der Waals surface area contributed by atoms with Crippen LogP contribution in [0.25, 0.3) is 23.0 Å². The number of nitro groups is 1. The van der Waals surface area contributed by atoms with Crippen molar-refractivity contribution in [2.24, 2.45) is 0 Å². The summed E-state index contributed by atoms with van der Waals surface area (Å²) in [5.41, 5.74) is -0.0840. The zero-order chi connectivity index (χ0) is 15.7. The molecule has 0 radical (unpaired) electrons. The zero-order valence-corrected chi connectivity index (χ0v) is 10.9. The van der Waals surface area contributed by atoms with Gasteiger partial charge in [-0.3, -0.25) is 15.1 Å². The van der Waals surface area contributed by atoms with Gasteiger partial charge >= 0.3 is 5.69 Å². The Morgan fingerprint density at radius 1 is 1.23 bits per heavy atom. The molecule has 0 atom stereocenters. The van der Waals surface area contributed by atoms with Crippen molar-refractivity contribution in [1.29, 1.82) is 0 Å². The number of nitrogens with zero attached hydrogens (tertiary/aromatic N) is 4.